The highest BCUT2D eigenvalue weighted by Gasteiger charge is 2.39. The van der Waals surface area contributed by atoms with Gasteiger partial charge in [0.1, 0.15) is 24.6 Å². The van der Waals surface area contributed by atoms with Crippen LogP contribution < -0.4 is 5.32 Å². The lowest BCUT2D eigenvalue weighted by Gasteiger charge is -2.27. The van der Waals surface area contributed by atoms with Gasteiger partial charge in [-0.3, -0.25) is 9.59 Å². The maximum absolute atomic E-state index is 12.4. The number of aliphatic hydroxyl groups is 2. The predicted molar refractivity (Wildman–Crippen MR) is 87.4 cm³/mol. The van der Waals surface area contributed by atoms with Gasteiger partial charge < -0.3 is 29.7 Å². The van der Waals surface area contributed by atoms with Crippen LogP contribution in [0.1, 0.15) is 40.0 Å². The molecule has 0 aromatic heterocycles. The summed E-state index contributed by atoms with van der Waals surface area (Å²) in [4.78, 5) is 24.1. The van der Waals surface area contributed by atoms with Crippen molar-refractivity contribution in [2.75, 3.05) is 13.4 Å². The molecule has 0 unspecified atom stereocenters. The lowest BCUT2D eigenvalue weighted by atomic mass is 9.91. The van der Waals surface area contributed by atoms with Gasteiger partial charge in [0, 0.05) is 18.4 Å². The molecule has 25 heavy (non-hydrogen) atoms. The minimum atomic E-state index is -0.812. The van der Waals surface area contributed by atoms with Crippen molar-refractivity contribution in [1.82, 2.24) is 5.32 Å². The summed E-state index contributed by atoms with van der Waals surface area (Å²) in [6.45, 7) is 5.13. The molecule has 0 saturated carbocycles. The molecule has 0 spiro atoms. The Morgan fingerprint density at radius 1 is 1.40 bits per heavy atom. The van der Waals surface area contributed by atoms with Crippen molar-refractivity contribution in [3.8, 4) is 0 Å². The van der Waals surface area contributed by atoms with Gasteiger partial charge in [-0.05, 0) is 33.3 Å². The Morgan fingerprint density at radius 3 is 2.76 bits per heavy atom. The highest BCUT2D eigenvalue weighted by Crippen LogP contribution is 2.28. The van der Waals surface area contributed by atoms with Crippen LogP contribution in [0, 0.1) is 0 Å². The Morgan fingerprint density at radius 2 is 2.12 bits per heavy atom. The number of carbonyl (C=O) groups excluding carboxylic acids is 2. The Labute approximate surface area is 147 Å². The number of nitrogens with one attached hydrogen (secondary N) is 1. The molecule has 2 rings (SSSR count). The maximum atomic E-state index is 12.4. The summed E-state index contributed by atoms with van der Waals surface area (Å²) in [7, 11) is 0. The molecular weight excluding hydrogens is 330 g/mol. The van der Waals surface area contributed by atoms with Gasteiger partial charge in [-0.2, -0.15) is 0 Å². The number of amides is 1. The molecule has 0 bridgehead atoms. The van der Waals surface area contributed by atoms with Crippen LogP contribution in [0.5, 0.6) is 0 Å². The fourth-order valence-corrected chi connectivity index (χ4v) is 2.81. The second kappa shape index (κ2) is 8.27. The third-order valence-corrected chi connectivity index (χ3v) is 3.98. The van der Waals surface area contributed by atoms with E-state index in [0.29, 0.717) is 5.57 Å². The molecule has 1 fully saturated rings. The second-order valence-corrected chi connectivity index (χ2v) is 7.32. The third kappa shape index (κ3) is 5.78. The van der Waals surface area contributed by atoms with Gasteiger partial charge >= 0.3 is 5.97 Å². The molecule has 4 atom stereocenters. The smallest absolute Gasteiger partial charge is 0.306 e. The molecule has 0 radical (unpaired) electrons. The summed E-state index contributed by atoms with van der Waals surface area (Å²) in [5, 5.41) is 22.2. The van der Waals surface area contributed by atoms with Crippen molar-refractivity contribution >= 4 is 11.9 Å². The fraction of sp³-hybridized carbons (Fsp3) is 0.765. The van der Waals surface area contributed by atoms with Crippen LogP contribution in [0.3, 0.4) is 0 Å². The lowest BCUT2D eigenvalue weighted by molar-refractivity contribution is -0.155. The minimum Gasteiger partial charge on any atom is -0.460 e. The zero-order chi connectivity index (χ0) is 18.6. The van der Waals surface area contributed by atoms with Gasteiger partial charge in [-0.15, -0.1) is 0 Å². The van der Waals surface area contributed by atoms with Crippen LogP contribution in [0.4, 0.5) is 0 Å². The summed E-state index contributed by atoms with van der Waals surface area (Å²) in [5.74, 6) is -0.775. The van der Waals surface area contributed by atoms with Crippen molar-refractivity contribution in [2.45, 2.75) is 70.0 Å². The number of hydrogen-bond donors (Lipinski definition) is 3. The quantitative estimate of drug-likeness (QED) is 0.574. The van der Waals surface area contributed by atoms with E-state index < -0.39 is 35.9 Å². The monoisotopic (exact) mass is 357 g/mol. The molecule has 142 valence electrons. The second-order valence-electron chi connectivity index (χ2n) is 7.32. The highest BCUT2D eigenvalue weighted by atomic mass is 16.7. The molecule has 1 aliphatic carbocycles. The molecular formula is C17H27NO7. The molecule has 0 aromatic carbocycles. The molecule has 1 saturated heterocycles. The molecule has 8 heteroatoms. The zero-order valence-corrected chi connectivity index (χ0v) is 14.9. The third-order valence-electron chi connectivity index (χ3n) is 3.98. The van der Waals surface area contributed by atoms with Gasteiger partial charge in [-0.1, -0.05) is 0 Å². The van der Waals surface area contributed by atoms with E-state index in [1.54, 1.807) is 26.8 Å². The number of hydrogen-bond acceptors (Lipinski definition) is 7. The summed E-state index contributed by atoms with van der Waals surface area (Å²) >= 11 is 0. The maximum Gasteiger partial charge on any atom is 0.306 e. The normalized spacial score (nSPS) is 27.2. The van der Waals surface area contributed by atoms with E-state index in [0.717, 1.165) is 0 Å². The van der Waals surface area contributed by atoms with Gasteiger partial charge in [0.25, 0.3) is 0 Å². The number of esters is 1. The first-order valence-electron chi connectivity index (χ1n) is 8.45. The van der Waals surface area contributed by atoms with Crippen LogP contribution in [0.15, 0.2) is 11.6 Å². The molecule has 1 amide bonds. The summed E-state index contributed by atoms with van der Waals surface area (Å²) in [6, 6.07) is -0.573. The van der Waals surface area contributed by atoms with E-state index in [4.69, 9.17) is 14.2 Å². The van der Waals surface area contributed by atoms with Crippen molar-refractivity contribution in [1.29, 1.82) is 0 Å². The van der Waals surface area contributed by atoms with Crippen molar-refractivity contribution in [3.05, 3.63) is 11.6 Å². The number of fused-ring (bicyclic) bond motifs is 1. The highest BCUT2D eigenvalue weighted by molar-refractivity contribution is 5.94. The summed E-state index contributed by atoms with van der Waals surface area (Å²) in [5.41, 5.74) is -0.187. The van der Waals surface area contributed by atoms with Gasteiger partial charge in [0.05, 0.1) is 18.8 Å². The van der Waals surface area contributed by atoms with Gasteiger partial charge in [0.15, 0.2) is 0 Å². The molecule has 3 N–H and O–H groups in total. The van der Waals surface area contributed by atoms with E-state index in [1.807, 2.05) is 0 Å². The first-order chi connectivity index (χ1) is 11.7. The van der Waals surface area contributed by atoms with E-state index >= 15 is 0 Å². The minimum absolute atomic E-state index is 0.0894. The summed E-state index contributed by atoms with van der Waals surface area (Å²) in [6.07, 6.45) is 0.441. The van der Waals surface area contributed by atoms with Gasteiger partial charge in [-0.25, -0.2) is 0 Å². The van der Waals surface area contributed by atoms with Crippen molar-refractivity contribution < 1.29 is 34.0 Å². The van der Waals surface area contributed by atoms with Crippen LogP contribution in [0.25, 0.3) is 0 Å². The number of carbonyl (C=O) groups is 2. The number of ether oxygens (including phenoxy) is 3. The molecule has 1 aliphatic heterocycles. The molecule has 8 nitrogen and oxygen atoms in total. The number of rotatable bonds is 6. The summed E-state index contributed by atoms with van der Waals surface area (Å²) < 4.78 is 15.8. The molecule has 1 heterocycles. The SMILES string of the molecule is CC(C)(C)OC(=O)CC[C@@H](CO)NC(=O)C1=C[C@H]2OCO[C@H]2[C@H](O)C1. The molecule has 0 aromatic rings. The van der Waals surface area contributed by atoms with Crippen LogP contribution in [0.2, 0.25) is 0 Å². The molecule has 2 aliphatic rings. The van der Waals surface area contributed by atoms with Crippen LogP contribution in [-0.4, -0.2) is 65.4 Å². The van der Waals surface area contributed by atoms with E-state index in [1.165, 1.54) is 0 Å². The topological polar surface area (TPSA) is 114 Å². The standard InChI is InChI=1S/C17H27NO7/c1-17(2,3)25-14(21)5-4-11(8-19)18-16(22)10-6-12(20)15-13(7-10)23-9-24-15/h7,11-13,15,19-20H,4-6,8-9H2,1-3H3,(H,18,22)/t11-,12+,13+,15-/m0/s1. The Kier molecular flexibility index (Phi) is 6.56. The lowest BCUT2D eigenvalue weighted by Crippen LogP contribution is -2.44. The van der Waals surface area contributed by atoms with E-state index in [9.17, 15) is 19.8 Å². The number of aliphatic hydroxyl groups excluding tert-OH is 2. The average molecular weight is 357 g/mol. The van der Waals surface area contributed by atoms with Gasteiger partial charge in [0.2, 0.25) is 5.91 Å². The Bertz CT molecular complexity index is 526. The van der Waals surface area contributed by atoms with Crippen LogP contribution >= 0.6 is 0 Å². The predicted octanol–water partition coefficient (Wildman–Crippen LogP) is 0.0179. The Balaban J connectivity index is 1.86. The van der Waals surface area contributed by atoms with Crippen molar-refractivity contribution in [3.63, 3.8) is 0 Å². The van der Waals surface area contributed by atoms with Crippen molar-refractivity contribution in [2.24, 2.45) is 0 Å². The zero-order valence-electron chi connectivity index (χ0n) is 14.9. The van der Waals surface area contributed by atoms with E-state index in [-0.39, 0.29) is 38.6 Å². The van der Waals surface area contributed by atoms with Crippen LogP contribution in [-0.2, 0) is 23.8 Å². The van der Waals surface area contributed by atoms with E-state index in [2.05, 4.69) is 5.32 Å². The Hall–Kier alpha value is -1.48. The first-order valence-corrected chi connectivity index (χ1v) is 8.45. The average Bonchev–Trinajstić information content (AvgIpc) is 2.98. The first kappa shape index (κ1) is 19.8. The fourth-order valence-electron chi connectivity index (χ4n) is 2.81. The largest absolute Gasteiger partial charge is 0.460 e.